The number of esters is 1. The number of carbonyl (C=O) groups excluding carboxylic acids is 1. The normalized spacial score (nSPS) is 19.3. The van der Waals surface area contributed by atoms with Gasteiger partial charge in [0.15, 0.2) is 5.82 Å². The van der Waals surface area contributed by atoms with Gasteiger partial charge in [0.05, 0.1) is 5.92 Å². The lowest BCUT2D eigenvalue weighted by Gasteiger charge is -2.08. The molecule has 1 saturated heterocycles. The Labute approximate surface area is 162 Å². The first-order valence-corrected chi connectivity index (χ1v) is 10.2. The highest BCUT2D eigenvalue weighted by Crippen LogP contribution is 2.29. The molecule has 0 N–H and O–H groups in total. The average molecular weight is 367 g/mol. The van der Waals surface area contributed by atoms with E-state index in [1.54, 1.807) is 0 Å². The van der Waals surface area contributed by atoms with Gasteiger partial charge < -0.3 is 4.74 Å². The van der Waals surface area contributed by atoms with Gasteiger partial charge in [0.1, 0.15) is 6.10 Å². The van der Waals surface area contributed by atoms with Gasteiger partial charge in [-0.15, -0.1) is 0 Å². The van der Waals surface area contributed by atoms with Gasteiger partial charge in [-0.25, -0.2) is 9.97 Å². The van der Waals surface area contributed by atoms with Crippen molar-refractivity contribution < 1.29 is 9.53 Å². The molecular formula is C23H30N2O2. The second kappa shape index (κ2) is 9.63. The SMILES string of the molecule is CCCCCCC1CC(CCc2ccc(-c3ncc(C)cn3)cc2)C(=O)O1. The summed E-state index contributed by atoms with van der Waals surface area (Å²) in [6.07, 6.45) is 12.4. The van der Waals surface area contributed by atoms with Crippen LogP contribution in [0.4, 0.5) is 0 Å². The highest BCUT2D eigenvalue weighted by atomic mass is 16.5. The van der Waals surface area contributed by atoms with Crippen molar-refractivity contribution in [3.63, 3.8) is 0 Å². The van der Waals surface area contributed by atoms with Gasteiger partial charge >= 0.3 is 5.97 Å². The summed E-state index contributed by atoms with van der Waals surface area (Å²) in [5.74, 6) is 0.805. The fraction of sp³-hybridized carbons (Fsp3) is 0.522. The standard InChI is InChI=1S/C23H30N2O2/c1-3-4-5-6-7-21-14-20(23(26)27-21)13-10-18-8-11-19(12-9-18)22-24-15-17(2)16-25-22/h8-9,11-12,15-16,20-21H,3-7,10,13-14H2,1-2H3. The van der Waals surface area contributed by atoms with E-state index in [2.05, 4.69) is 41.2 Å². The third-order valence-electron chi connectivity index (χ3n) is 5.32. The molecule has 2 heterocycles. The number of nitrogens with zero attached hydrogens (tertiary/aromatic N) is 2. The number of aromatic nitrogens is 2. The minimum Gasteiger partial charge on any atom is -0.462 e. The Morgan fingerprint density at radius 1 is 1.04 bits per heavy atom. The Balaban J connectivity index is 1.47. The monoisotopic (exact) mass is 366 g/mol. The highest BCUT2D eigenvalue weighted by molar-refractivity contribution is 5.74. The topological polar surface area (TPSA) is 52.1 Å². The number of aryl methyl sites for hydroxylation is 2. The molecule has 0 spiro atoms. The number of hydrogen-bond acceptors (Lipinski definition) is 4. The molecule has 1 fully saturated rings. The van der Waals surface area contributed by atoms with E-state index in [0.29, 0.717) is 0 Å². The minimum atomic E-state index is 0.000155. The summed E-state index contributed by atoms with van der Waals surface area (Å²) in [7, 11) is 0. The molecule has 4 nitrogen and oxygen atoms in total. The smallest absolute Gasteiger partial charge is 0.309 e. The van der Waals surface area contributed by atoms with Crippen LogP contribution < -0.4 is 0 Å². The van der Waals surface area contributed by atoms with E-state index in [9.17, 15) is 4.79 Å². The van der Waals surface area contributed by atoms with Gasteiger partial charge in [-0.05, 0) is 50.2 Å². The number of unbranched alkanes of at least 4 members (excludes halogenated alkanes) is 3. The lowest BCUT2D eigenvalue weighted by molar-refractivity contribution is -0.144. The van der Waals surface area contributed by atoms with Crippen LogP contribution in [0.1, 0.15) is 63.0 Å². The number of hydrogen-bond donors (Lipinski definition) is 0. The number of rotatable bonds is 9. The summed E-state index contributed by atoms with van der Waals surface area (Å²) < 4.78 is 5.57. The molecule has 2 aromatic rings. The van der Waals surface area contributed by atoms with Crippen molar-refractivity contribution in [2.75, 3.05) is 0 Å². The molecule has 0 aliphatic carbocycles. The second-order valence-electron chi connectivity index (χ2n) is 7.66. The second-order valence-corrected chi connectivity index (χ2v) is 7.66. The number of cyclic esters (lactones) is 1. The van der Waals surface area contributed by atoms with Crippen molar-refractivity contribution in [1.82, 2.24) is 9.97 Å². The van der Waals surface area contributed by atoms with E-state index in [4.69, 9.17) is 4.74 Å². The Morgan fingerprint density at radius 3 is 2.48 bits per heavy atom. The Kier molecular flexibility index (Phi) is 6.97. The zero-order chi connectivity index (χ0) is 19.1. The molecule has 2 unspecified atom stereocenters. The summed E-state index contributed by atoms with van der Waals surface area (Å²) >= 11 is 0. The molecule has 1 aliphatic rings. The highest BCUT2D eigenvalue weighted by Gasteiger charge is 2.33. The molecule has 0 amide bonds. The largest absolute Gasteiger partial charge is 0.462 e. The molecule has 0 saturated carbocycles. The Bertz CT molecular complexity index is 725. The van der Waals surface area contributed by atoms with Gasteiger partial charge in [-0.3, -0.25) is 4.79 Å². The third kappa shape index (κ3) is 5.62. The van der Waals surface area contributed by atoms with Crippen LogP contribution in [0.25, 0.3) is 11.4 Å². The van der Waals surface area contributed by atoms with Crippen LogP contribution in [-0.4, -0.2) is 22.0 Å². The van der Waals surface area contributed by atoms with Crippen molar-refractivity contribution in [2.45, 2.75) is 71.3 Å². The van der Waals surface area contributed by atoms with E-state index in [0.717, 1.165) is 42.6 Å². The van der Waals surface area contributed by atoms with E-state index < -0.39 is 0 Å². The third-order valence-corrected chi connectivity index (χ3v) is 5.32. The van der Waals surface area contributed by atoms with E-state index in [-0.39, 0.29) is 18.0 Å². The van der Waals surface area contributed by atoms with E-state index in [1.807, 2.05) is 19.3 Å². The number of carbonyl (C=O) groups is 1. The predicted octanol–water partition coefficient (Wildman–Crippen LogP) is 5.29. The predicted molar refractivity (Wildman–Crippen MR) is 107 cm³/mol. The quantitative estimate of drug-likeness (QED) is 0.447. The number of benzene rings is 1. The van der Waals surface area contributed by atoms with Gasteiger partial charge in [-0.2, -0.15) is 0 Å². The lowest BCUT2D eigenvalue weighted by Crippen LogP contribution is -2.08. The summed E-state index contributed by atoms with van der Waals surface area (Å²) in [6, 6.07) is 8.34. The lowest BCUT2D eigenvalue weighted by atomic mass is 9.94. The summed E-state index contributed by atoms with van der Waals surface area (Å²) in [6.45, 7) is 4.20. The summed E-state index contributed by atoms with van der Waals surface area (Å²) in [5, 5.41) is 0. The molecule has 2 atom stereocenters. The molecule has 0 bridgehead atoms. The van der Waals surface area contributed by atoms with Gasteiger partial charge in [0.2, 0.25) is 0 Å². The molecule has 1 aromatic heterocycles. The first-order chi connectivity index (χ1) is 13.2. The van der Waals surface area contributed by atoms with E-state index >= 15 is 0 Å². The summed E-state index contributed by atoms with van der Waals surface area (Å²) in [5.41, 5.74) is 3.32. The van der Waals surface area contributed by atoms with Crippen LogP contribution in [0.5, 0.6) is 0 Å². The maximum atomic E-state index is 12.1. The molecule has 144 valence electrons. The van der Waals surface area contributed by atoms with Crippen molar-refractivity contribution >= 4 is 5.97 Å². The van der Waals surface area contributed by atoms with Crippen molar-refractivity contribution in [3.05, 3.63) is 47.8 Å². The van der Waals surface area contributed by atoms with Crippen molar-refractivity contribution in [3.8, 4) is 11.4 Å². The molecule has 1 aromatic carbocycles. The van der Waals surface area contributed by atoms with Crippen LogP contribution in [0.2, 0.25) is 0 Å². The van der Waals surface area contributed by atoms with Crippen LogP contribution >= 0.6 is 0 Å². The zero-order valence-electron chi connectivity index (χ0n) is 16.5. The average Bonchev–Trinajstić information content (AvgIpc) is 3.04. The molecule has 3 rings (SSSR count). The first-order valence-electron chi connectivity index (χ1n) is 10.2. The first kappa shape index (κ1) is 19.5. The summed E-state index contributed by atoms with van der Waals surface area (Å²) in [4.78, 5) is 20.9. The van der Waals surface area contributed by atoms with Crippen LogP contribution in [0, 0.1) is 12.8 Å². The Hall–Kier alpha value is -2.23. The van der Waals surface area contributed by atoms with Gasteiger partial charge in [0, 0.05) is 18.0 Å². The minimum absolute atomic E-state index is 0.000155. The molecule has 0 radical (unpaired) electrons. The molecule has 1 aliphatic heterocycles. The maximum absolute atomic E-state index is 12.1. The van der Waals surface area contributed by atoms with Crippen molar-refractivity contribution in [2.24, 2.45) is 5.92 Å². The zero-order valence-corrected chi connectivity index (χ0v) is 16.5. The molecule has 27 heavy (non-hydrogen) atoms. The maximum Gasteiger partial charge on any atom is 0.309 e. The molecule has 4 heteroatoms. The fourth-order valence-electron chi connectivity index (χ4n) is 3.64. The van der Waals surface area contributed by atoms with Crippen LogP contribution in [-0.2, 0) is 16.0 Å². The van der Waals surface area contributed by atoms with E-state index in [1.165, 1.54) is 31.2 Å². The van der Waals surface area contributed by atoms with Gasteiger partial charge in [-0.1, -0.05) is 50.5 Å². The fourth-order valence-corrected chi connectivity index (χ4v) is 3.64. The van der Waals surface area contributed by atoms with Crippen LogP contribution in [0.15, 0.2) is 36.7 Å². The Morgan fingerprint density at radius 2 is 1.78 bits per heavy atom. The van der Waals surface area contributed by atoms with Crippen LogP contribution in [0.3, 0.4) is 0 Å². The van der Waals surface area contributed by atoms with Crippen molar-refractivity contribution in [1.29, 1.82) is 0 Å². The number of ether oxygens (including phenoxy) is 1. The molecular weight excluding hydrogens is 336 g/mol. The van der Waals surface area contributed by atoms with Gasteiger partial charge in [0.25, 0.3) is 0 Å².